The minimum atomic E-state index is -0.932. The number of carboxylic acid groups (broad SMARTS) is 1. The lowest BCUT2D eigenvalue weighted by molar-refractivity contribution is -0.141. The summed E-state index contributed by atoms with van der Waals surface area (Å²) in [5.74, 6) is -0.154. The fourth-order valence-corrected chi connectivity index (χ4v) is 2.66. The van der Waals surface area contributed by atoms with Gasteiger partial charge in [-0.3, -0.25) is 9.59 Å². The molecule has 0 aromatic carbocycles. The molecule has 6 heteroatoms. The first-order valence-corrected chi connectivity index (χ1v) is 7.13. The number of amides is 1. The van der Waals surface area contributed by atoms with Crippen molar-refractivity contribution in [3.63, 3.8) is 0 Å². The molecular formula is C15H21N3O3. The van der Waals surface area contributed by atoms with E-state index >= 15 is 0 Å². The highest BCUT2D eigenvalue weighted by atomic mass is 16.4. The summed E-state index contributed by atoms with van der Waals surface area (Å²) >= 11 is 0. The maximum Gasteiger partial charge on any atom is 0.303 e. The Labute approximate surface area is 124 Å². The SMILES string of the molecule is CN(C)c1cc(C2CCCN2C(=O)CCC(=O)O)ccn1. The zero-order valence-corrected chi connectivity index (χ0v) is 12.5. The van der Waals surface area contributed by atoms with Gasteiger partial charge in [0.1, 0.15) is 5.82 Å². The topological polar surface area (TPSA) is 73.7 Å². The van der Waals surface area contributed by atoms with E-state index < -0.39 is 5.97 Å². The van der Waals surface area contributed by atoms with Crippen molar-refractivity contribution in [3.8, 4) is 0 Å². The maximum atomic E-state index is 12.2. The van der Waals surface area contributed by atoms with E-state index in [4.69, 9.17) is 5.11 Å². The highest BCUT2D eigenvalue weighted by molar-refractivity contribution is 5.81. The summed E-state index contributed by atoms with van der Waals surface area (Å²) in [6, 6.07) is 3.96. The van der Waals surface area contributed by atoms with Gasteiger partial charge < -0.3 is 14.9 Å². The van der Waals surface area contributed by atoms with Crippen molar-refractivity contribution in [1.82, 2.24) is 9.88 Å². The summed E-state index contributed by atoms with van der Waals surface area (Å²) in [7, 11) is 3.85. The average Bonchev–Trinajstić information content (AvgIpc) is 2.94. The molecule has 0 spiro atoms. The molecule has 1 amide bonds. The Bertz CT molecular complexity index is 531. The van der Waals surface area contributed by atoms with E-state index in [1.807, 2.05) is 31.1 Å². The van der Waals surface area contributed by atoms with Crippen molar-refractivity contribution < 1.29 is 14.7 Å². The summed E-state index contributed by atoms with van der Waals surface area (Å²) in [5, 5.41) is 8.70. The van der Waals surface area contributed by atoms with Gasteiger partial charge in [0.2, 0.25) is 5.91 Å². The largest absolute Gasteiger partial charge is 0.481 e. The van der Waals surface area contributed by atoms with Crippen LogP contribution in [0.3, 0.4) is 0 Å². The molecular weight excluding hydrogens is 270 g/mol. The van der Waals surface area contributed by atoms with Crippen molar-refractivity contribution in [2.24, 2.45) is 0 Å². The fourth-order valence-electron chi connectivity index (χ4n) is 2.66. The van der Waals surface area contributed by atoms with Crippen molar-refractivity contribution in [2.75, 3.05) is 25.5 Å². The number of carboxylic acids is 1. The van der Waals surface area contributed by atoms with Crippen molar-refractivity contribution in [1.29, 1.82) is 0 Å². The minimum absolute atomic E-state index is 0.0352. The maximum absolute atomic E-state index is 12.2. The summed E-state index contributed by atoms with van der Waals surface area (Å²) in [5.41, 5.74) is 1.06. The Morgan fingerprint density at radius 3 is 2.86 bits per heavy atom. The lowest BCUT2D eigenvalue weighted by Crippen LogP contribution is -2.30. The molecule has 21 heavy (non-hydrogen) atoms. The number of pyridine rings is 1. The standard InChI is InChI=1S/C15H21N3O3/c1-17(2)13-10-11(7-8-16-13)12-4-3-9-18(12)14(19)5-6-15(20)21/h7-8,10,12H,3-6,9H2,1-2H3,(H,20,21). The van der Waals surface area contributed by atoms with Gasteiger partial charge in [0.15, 0.2) is 0 Å². The Kier molecular flexibility index (Phi) is 4.77. The van der Waals surface area contributed by atoms with Crippen LogP contribution in [0.25, 0.3) is 0 Å². The van der Waals surface area contributed by atoms with Crippen LogP contribution < -0.4 is 4.90 Å². The Hall–Kier alpha value is -2.11. The number of aliphatic carboxylic acids is 1. The predicted molar refractivity (Wildman–Crippen MR) is 79.1 cm³/mol. The molecule has 1 atom stereocenters. The van der Waals surface area contributed by atoms with Gasteiger partial charge >= 0.3 is 5.97 Å². The monoisotopic (exact) mass is 291 g/mol. The number of aromatic nitrogens is 1. The quantitative estimate of drug-likeness (QED) is 0.893. The number of nitrogens with zero attached hydrogens (tertiary/aromatic N) is 3. The van der Waals surface area contributed by atoms with E-state index in [-0.39, 0.29) is 24.8 Å². The van der Waals surface area contributed by atoms with Crippen molar-refractivity contribution >= 4 is 17.7 Å². The molecule has 1 aliphatic heterocycles. The van der Waals surface area contributed by atoms with E-state index in [1.165, 1.54) is 0 Å². The zero-order valence-electron chi connectivity index (χ0n) is 12.5. The van der Waals surface area contributed by atoms with Crippen LogP contribution in [0.1, 0.15) is 37.3 Å². The van der Waals surface area contributed by atoms with Gasteiger partial charge in [0.05, 0.1) is 12.5 Å². The number of anilines is 1. The van der Waals surface area contributed by atoms with Crippen LogP contribution in [0, 0.1) is 0 Å². The number of carbonyl (C=O) groups excluding carboxylic acids is 1. The molecule has 1 unspecified atom stereocenters. The molecule has 2 rings (SSSR count). The van der Waals surface area contributed by atoms with E-state index in [9.17, 15) is 9.59 Å². The molecule has 1 fully saturated rings. The van der Waals surface area contributed by atoms with Gasteiger partial charge in [-0.1, -0.05) is 0 Å². The second kappa shape index (κ2) is 6.56. The number of hydrogen-bond donors (Lipinski definition) is 1. The van der Waals surface area contributed by atoms with E-state index in [1.54, 1.807) is 11.1 Å². The second-order valence-corrected chi connectivity index (χ2v) is 5.48. The Morgan fingerprint density at radius 1 is 1.43 bits per heavy atom. The predicted octanol–water partition coefficient (Wildman–Crippen LogP) is 1.68. The fraction of sp³-hybridized carbons (Fsp3) is 0.533. The molecule has 1 saturated heterocycles. The van der Waals surface area contributed by atoms with Gasteiger partial charge in [0.25, 0.3) is 0 Å². The molecule has 114 valence electrons. The molecule has 0 aliphatic carbocycles. The second-order valence-electron chi connectivity index (χ2n) is 5.48. The first-order chi connectivity index (χ1) is 9.99. The Balaban J connectivity index is 2.12. The van der Waals surface area contributed by atoms with Crippen molar-refractivity contribution in [2.45, 2.75) is 31.7 Å². The molecule has 1 aromatic rings. The first-order valence-electron chi connectivity index (χ1n) is 7.13. The minimum Gasteiger partial charge on any atom is -0.481 e. The highest BCUT2D eigenvalue weighted by Crippen LogP contribution is 2.33. The molecule has 2 heterocycles. The van der Waals surface area contributed by atoms with Crippen LogP contribution in [0.15, 0.2) is 18.3 Å². The van der Waals surface area contributed by atoms with E-state index in [2.05, 4.69) is 4.98 Å². The Morgan fingerprint density at radius 2 is 2.19 bits per heavy atom. The number of likely N-dealkylation sites (tertiary alicyclic amines) is 1. The van der Waals surface area contributed by atoms with Crippen LogP contribution in [-0.4, -0.2) is 47.5 Å². The summed E-state index contributed by atoms with van der Waals surface area (Å²) in [4.78, 5) is 30.8. The summed E-state index contributed by atoms with van der Waals surface area (Å²) in [6.07, 6.45) is 3.57. The third-order valence-corrected chi connectivity index (χ3v) is 3.74. The van der Waals surface area contributed by atoms with Crippen LogP contribution in [0.5, 0.6) is 0 Å². The van der Waals surface area contributed by atoms with Gasteiger partial charge in [-0.25, -0.2) is 4.98 Å². The van der Waals surface area contributed by atoms with E-state index in [0.29, 0.717) is 6.54 Å². The molecule has 1 aliphatic rings. The highest BCUT2D eigenvalue weighted by Gasteiger charge is 2.30. The average molecular weight is 291 g/mol. The van der Waals surface area contributed by atoms with Crippen molar-refractivity contribution in [3.05, 3.63) is 23.9 Å². The van der Waals surface area contributed by atoms with E-state index in [0.717, 1.165) is 24.2 Å². The van der Waals surface area contributed by atoms with Gasteiger partial charge in [0, 0.05) is 33.3 Å². The van der Waals surface area contributed by atoms with Crippen LogP contribution in [0.2, 0.25) is 0 Å². The summed E-state index contributed by atoms with van der Waals surface area (Å²) < 4.78 is 0. The smallest absolute Gasteiger partial charge is 0.303 e. The van der Waals surface area contributed by atoms with Crippen LogP contribution in [0.4, 0.5) is 5.82 Å². The lowest BCUT2D eigenvalue weighted by Gasteiger charge is -2.25. The molecule has 6 nitrogen and oxygen atoms in total. The lowest BCUT2D eigenvalue weighted by atomic mass is 10.1. The molecule has 1 aromatic heterocycles. The molecule has 0 bridgehead atoms. The molecule has 1 N–H and O–H groups in total. The van der Waals surface area contributed by atoms with Gasteiger partial charge in [-0.05, 0) is 30.5 Å². The third kappa shape index (κ3) is 3.71. The normalized spacial score (nSPS) is 17.8. The van der Waals surface area contributed by atoms with Gasteiger partial charge in [-0.2, -0.15) is 0 Å². The van der Waals surface area contributed by atoms with Gasteiger partial charge in [-0.15, -0.1) is 0 Å². The number of rotatable bonds is 5. The third-order valence-electron chi connectivity index (χ3n) is 3.74. The number of carbonyl (C=O) groups is 2. The first kappa shape index (κ1) is 15.3. The molecule has 0 saturated carbocycles. The van der Waals surface area contributed by atoms with Crippen LogP contribution in [-0.2, 0) is 9.59 Å². The number of hydrogen-bond acceptors (Lipinski definition) is 4. The summed E-state index contributed by atoms with van der Waals surface area (Å²) in [6.45, 7) is 0.697. The van der Waals surface area contributed by atoms with Crippen LogP contribution >= 0.6 is 0 Å². The zero-order chi connectivity index (χ0) is 15.4. The molecule has 0 radical (unpaired) electrons.